The standard InChI is InChI=1S/C15H23N3O2/c1-8-13(9(2)20-18-8)15(19)17-14-10-4-3-5-11(14)7-12(16)6-10/h10-12,14H,3-7,16H2,1-2H3,(H,17,19). The molecule has 2 aliphatic carbocycles. The highest BCUT2D eigenvalue weighted by molar-refractivity contribution is 5.96. The summed E-state index contributed by atoms with van der Waals surface area (Å²) >= 11 is 0. The number of hydrogen-bond acceptors (Lipinski definition) is 4. The molecule has 20 heavy (non-hydrogen) atoms. The molecule has 1 aromatic heterocycles. The van der Waals surface area contributed by atoms with Gasteiger partial charge in [-0.15, -0.1) is 0 Å². The van der Waals surface area contributed by atoms with Gasteiger partial charge < -0.3 is 15.6 Å². The zero-order valence-corrected chi connectivity index (χ0v) is 12.2. The molecule has 2 aliphatic rings. The summed E-state index contributed by atoms with van der Waals surface area (Å²) in [7, 11) is 0. The van der Waals surface area contributed by atoms with Crippen LogP contribution in [0.5, 0.6) is 0 Å². The van der Waals surface area contributed by atoms with Crippen LogP contribution in [0.25, 0.3) is 0 Å². The molecule has 1 amide bonds. The molecule has 0 radical (unpaired) electrons. The maximum atomic E-state index is 12.5. The lowest BCUT2D eigenvalue weighted by Gasteiger charge is -2.45. The Kier molecular flexibility index (Phi) is 3.54. The lowest BCUT2D eigenvalue weighted by atomic mass is 9.67. The van der Waals surface area contributed by atoms with E-state index in [1.54, 1.807) is 6.92 Å². The van der Waals surface area contributed by atoms with Crippen LogP contribution in [0.1, 0.15) is 53.9 Å². The molecule has 0 spiro atoms. The molecular formula is C15H23N3O2. The fourth-order valence-electron chi connectivity index (χ4n) is 4.06. The predicted octanol–water partition coefficient (Wildman–Crippen LogP) is 1.93. The number of amides is 1. The summed E-state index contributed by atoms with van der Waals surface area (Å²) in [6, 6.07) is 0.572. The number of hydrogen-bond donors (Lipinski definition) is 2. The average molecular weight is 277 g/mol. The van der Waals surface area contributed by atoms with E-state index in [0.29, 0.717) is 34.9 Å². The molecule has 2 fully saturated rings. The number of rotatable bonds is 2. The summed E-state index contributed by atoms with van der Waals surface area (Å²) in [5.41, 5.74) is 7.38. The van der Waals surface area contributed by atoms with Crippen molar-refractivity contribution in [3.05, 3.63) is 17.0 Å². The van der Waals surface area contributed by atoms with Gasteiger partial charge in [-0.2, -0.15) is 0 Å². The smallest absolute Gasteiger partial charge is 0.257 e. The van der Waals surface area contributed by atoms with Gasteiger partial charge in [-0.3, -0.25) is 4.79 Å². The number of aromatic nitrogens is 1. The first kappa shape index (κ1) is 13.6. The number of carbonyl (C=O) groups excluding carboxylic acids is 1. The topological polar surface area (TPSA) is 81.2 Å². The van der Waals surface area contributed by atoms with Gasteiger partial charge in [0.25, 0.3) is 5.91 Å². The summed E-state index contributed by atoms with van der Waals surface area (Å²) in [5.74, 6) is 1.61. The SMILES string of the molecule is Cc1noc(C)c1C(=O)NC1C2CCCC1CC(N)C2. The highest BCUT2D eigenvalue weighted by atomic mass is 16.5. The van der Waals surface area contributed by atoms with Crippen LogP contribution in [0.4, 0.5) is 0 Å². The molecular weight excluding hydrogens is 254 g/mol. The minimum atomic E-state index is -0.0429. The maximum absolute atomic E-state index is 12.5. The molecule has 110 valence electrons. The lowest BCUT2D eigenvalue weighted by molar-refractivity contribution is 0.0754. The van der Waals surface area contributed by atoms with Crippen molar-refractivity contribution in [2.75, 3.05) is 0 Å². The number of nitrogens with two attached hydrogens (primary N) is 1. The molecule has 2 bridgehead atoms. The van der Waals surface area contributed by atoms with Crippen molar-refractivity contribution < 1.29 is 9.32 Å². The van der Waals surface area contributed by atoms with Crippen LogP contribution < -0.4 is 11.1 Å². The average Bonchev–Trinajstić information content (AvgIpc) is 2.70. The van der Waals surface area contributed by atoms with E-state index in [-0.39, 0.29) is 11.9 Å². The van der Waals surface area contributed by atoms with Gasteiger partial charge in [0, 0.05) is 12.1 Å². The number of aryl methyl sites for hydroxylation is 2. The van der Waals surface area contributed by atoms with Crippen LogP contribution in [0, 0.1) is 25.7 Å². The number of nitrogens with one attached hydrogen (secondary N) is 1. The highest BCUT2D eigenvalue weighted by Crippen LogP contribution is 2.39. The van der Waals surface area contributed by atoms with Crippen LogP contribution in [-0.4, -0.2) is 23.1 Å². The van der Waals surface area contributed by atoms with Crippen LogP contribution >= 0.6 is 0 Å². The Labute approximate surface area is 119 Å². The molecule has 3 rings (SSSR count). The number of carbonyl (C=O) groups is 1. The largest absolute Gasteiger partial charge is 0.361 e. The van der Waals surface area contributed by atoms with Crippen molar-refractivity contribution in [1.29, 1.82) is 0 Å². The molecule has 0 aromatic carbocycles. The van der Waals surface area contributed by atoms with E-state index in [1.807, 2.05) is 6.92 Å². The summed E-state index contributed by atoms with van der Waals surface area (Å²) < 4.78 is 5.09. The second kappa shape index (κ2) is 5.20. The maximum Gasteiger partial charge on any atom is 0.257 e. The van der Waals surface area contributed by atoms with E-state index in [9.17, 15) is 4.79 Å². The fraction of sp³-hybridized carbons (Fsp3) is 0.733. The van der Waals surface area contributed by atoms with Crippen molar-refractivity contribution in [1.82, 2.24) is 10.5 Å². The lowest BCUT2D eigenvalue weighted by Crippen LogP contribution is -2.53. The van der Waals surface area contributed by atoms with E-state index >= 15 is 0 Å². The van der Waals surface area contributed by atoms with E-state index in [1.165, 1.54) is 19.3 Å². The normalized spacial score (nSPS) is 33.0. The Morgan fingerprint density at radius 1 is 1.30 bits per heavy atom. The minimum Gasteiger partial charge on any atom is -0.361 e. The third-order valence-corrected chi connectivity index (χ3v) is 4.93. The monoisotopic (exact) mass is 277 g/mol. The summed E-state index contributed by atoms with van der Waals surface area (Å²) in [6.07, 6.45) is 5.68. The van der Waals surface area contributed by atoms with Gasteiger partial charge in [0.1, 0.15) is 11.3 Å². The molecule has 3 N–H and O–H groups in total. The van der Waals surface area contributed by atoms with Crippen molar-refractivity contribution in [3.63, 3.8) is 0 Å². The molecule has 2 saturated carbocycles. The van der Waals surface area contributed by atoms with Gasteiger partial charge in [-0.1, -0.05) is 11.6 Å². The van der Waals surface area contributed by atoms with Crippen molar-refractivity contribution in [2.45, 2.75) is 58.0 Å². The first-order valence-corrected chi connectivity index (χ1v) is 7.55. The summed E-state index contributed by atoms with van der Waals surface area (Å²) in [6.45, 7) is 3.59. The molecule has 1 heterocycles. The molecule has 5 nitrogen and oxygen atoms in total. The van der Waals surface area contributed by atoms with Crippen molar-refractivity contribution in [2.24, 2.45) is 17.6 Å². The Bertz CT molecular complexity index is 478. The van der Waals surface area contributed by atoms with Gasteiger partial charge in [0.2, 0.25) is 0 Å². The number of fused-ring (bicyclic) bond motifs is 2. The third kappa shape index (κ3) is 2.35. The van der Waals surface area contributed by atoms with E-state index in [4.69, 9.17) is 10.3 Å². The zero-order valence-electron chi connectivity index (χ0n) is 12.2. The number of nitrogens with zero attached hydrogens (tertiary/aromatic N) is 1. The molecule has 1 aromatic rings. The third-order valence-electron chi connectivity index (χ3n) is 4.93. The Balaban J connectivity index is 1.76. The molecule has 0 saturated heterocycles. The summed E-state index contributed by atoms with van der Waals surface area (Å²) in [4.78, 5) is 12.5. The Morgan fingerprint density at radius 2 is 1.95 bits per heavy atom. The first-order chi connectivity index (χ1) is 9.56. The second-order valence-corrected chi connectivity index (χ2v) is 6.38. The predicted molar refractivity (Wildman–Crippen MR) is 75.3 cm³/mol. The molecule has 2 unspecified atom stereocenters. The second-order valence-electron chi connectivity index (χ2n) is 6.38. The van der Waals surface area contributed by atoms with Crippen molar-refractivity contribution >= 4 is 5.91 Å². The quantitative estimate of drug-likeness (QED) is 0.865. The molecule has 5 heteroatoms. The van der Waals surface area contributed by atoms with Gasteiger partial charge in [0.15, 0.2) is 0 Å². The zero-order chi connectivity index (χ0) is 14.3. The van der Waals surface area contributed by atoms with Gasteiger partial charge in [-0.05, 0) is 51.4 Å². The van der Waals surface area contributed by atoms with Crippen LogP contribution in [0.15, 0.2) is 4.52 Å². The first-order valence-electron chi connectivity index (χ1n) is 7.55. The van der Waals surface area contributed by atoms with Crippen LogP contribution in [-0.2, 0) is 0 Å². The van der Waals surface area contributed by atoms with Gasteiger partial charge in [-0.25, -0.2) is 0 Å². The molecule has 0 aliphatic heterocycles. The molecule has 2 atom stereocenters. The van der Waals surface area contributed by atoms with Gasteiger partial charge >= 0.3 is 0 Å². The van der Waals surface area contributed by atoms with Crippen LogP contribution in [0.2, 0.25) is 0 Å². The fourth-order valence-corrected chi connectivity index (χ4v) is 4.06. The Hall–Kier alpha value is -1.36. The van der Waals surface area contributed by atoms with Gasteiger partial charge in [0.05, 0.1) is 5.69 Å². The van der Waals surface area contributed by atoms with Crippen molar-refractivity contribution in [3.8, 4) is 0 Å². The van der Waals surface area contributed by atoms with E-state index in [0.717, 1.165) is 12.8 Å². The van der Waals surface area contributed by atoms with Crippen LogP contribution in [0.3, 0.4) is 0 Å². The minimum absolute atomic E-state index is 0.0429. The highest BCUT2D eigenvalue weighted by Gasteiger charge is 2.40. The summed E-state index contributed by atoms with van der Waals surface area (Å²) in [5, 5.41) is 7.09. The van der Waals surface area contributed by atoms with E-state index < -0.39 is 0 Å². The Morgan fingerprint density at radius 3 is 2.50 bits per heavy atom. The van der Waals surface area contributed by atoms with E-state index in [2.05, 4.69) is 10.5 Å².